The van der Waals surface area contributed by atoms with Crippen LogP contribution in [-0.4, -0.2) is 0 Å². The van der Waals surface area contributed by atoms with Crippen LogP contribution < -0.4 is 9.80 Å². The van der Waals surface area contributed by atoms with Gasteiger partial charge in [-0.3, -0.25) is 0 Å². The minimum atomic E-state index is 1.01. The van der Waals surface area contributed by atoms with Gasteiger partial charge in [-0.2, -0.15) is 0 Å². The second-order valence-electron chi connectivity index (χ2n) is 10.5. The van der Waals surface area contributed by atoms with Crippen LogP contribution >= 0.6 is 0 Å². The molecule has 0 radical (unpaired) electrons. The number of hydrogen-bond acceptors (Lipinski definition) is 2. The Bertz CT molecular complexity index is 1680. The van der Waals surface area contributed by atoms with Gasteiger partial charge in [0.2, 0.25) is 0 Å². The number of aryl methyl sites for hydroxylation is 2. The molecular weight excluding hydrogens is 484 g/mol. The molecule has 2 heteroatoms. The number of benzene rings is 5. The van der Waals surface area contributed by atoms with E-state index < -0.39 is 0 Å². The third-order valence-corrected chi connectivity index (χ3v) is 8.00. The molecule has 0 N–H and O–H groups in total. The minimum Gasteiger partial charge on any atom is -0.314 e. The van der Waals surface area contributed by atoms with E-state index in [1.807, 2.05) is 0 Å². The Morgan fingerprint density at radius 3 is 1.70 bits per heavy atom. The van der Waals surface area contributed by atoms with E-state index in [-0.39, 0.29) is 0 Å². The highest BCUT2D eigenvalue weighted by Crippen LogP contribution is 2.41. The summed E-state index contributed by atoms with van der Waals surface area (Å²) in [5.74, 6) is 0. The van der Waals surface area contributed by atoms with Crippen molar-refractivity contribution in [2.24, 2.45) is 0 Å². The summed E-state index contributed by atoms with van der Waals surface area (Å²) in [5, 5.41) is 0. The molecule has 0 saturated carbocycles. The van der Waals surface area contributed by atoms with Gasteiger partial charge in [-0.1, -0.05) is 91.0 Å². The quantitative estimate of drug-likeness (QED) is 0.222. The first-order chi connectivity index (χ1) is 19.8. The summed E-state index contributed by atoms with van der Waals surface area (Å²) in [6, 6.07) is 48.1. The number of fused-ring (bicyclic) bond motifs is 2. The molecule has 2 nitrogen and oxygen atoms in total. The van der Waals surface area contributed by atoms with Crippen molar-refractivity contribution in [2.75, 3.05) is 9.80 Å². The minimum absolute atomic E-state index is 1.01. The van der Waals surface area contributed by atoms with Crippen molar-refractivity contribution < 1.29 is 0 Å². The molecule has 40 heavy (non-hydrogen) atoms. The molecule has 5 aromatic rings. The summed E-state index contributed by atoms with van der Waals surface area (Å²) in [6.45, 7) is 0. The first kappa shape index (κ1) is 24.2. The van der Waals surface area contributed by atoms with Gasteiger partial charge in [-0.15, -0.1) is 0 Å². The molecule has 7 rings (SSSR count). The molecular formula is C38H32N2. The van der Waals surface area contributed by atoms with Crippen LogP contribution in [0, 0.1) is 0 Å². The van der Waals surface area contributed by atoms with Crippen LogP contribution in [0.1, 0.15) is 35.1 Å². The zero-order valence-electron chi connectivity index (χ0n) is 22.6. The van der Waals surface area contributed by atoms with Gasteiger partial charge in [0.15, 0.2) is 0 Å². The predicted molar refractivity (Wildman–Crippen MR) is 169 cm³/mol. The van der Waals surface area contributed by atoms with E-state index in [0.29, 0.717) is 0 Å². The summed E-state index contributed by atoms with van der Waals surface area (Å²) in [4.78, 5) is 4.83. The molecule has 0 bridgehead atoms. The molecule has 0 unspecified atom stereocenters. The van der Waals surface area contributed by atoms with Gasteiger partial charge in [0.25, 0.3) is 0 Å². The molecule has 0 heterocycles. The van der Waals surface area contributed by atoms with Crippen LogP contribution in [0.3, 0.4) is 0 Å². The molecule has 0 aliphatic heterocycles. The second-order valence-corrected chi connectivity index (χ2v) is 10.5. The van der Waals surface area contributed by atoms with Gasteiger partial charge in [-0.25, -0.2) is 0 Å². The summed E-state index contributed by atoms with van der Waals surface area (Å²) in [5.41, 5.74) is 12.7. The highest BCUT2D eigenvalue weighted by atomic mass is 15.2. The fraction of sp³-hybridized carbons (Fsp3) is 0.105. The molecule has 194 valence electrons. The van der Waals surface area contributed by atoms with Gasteiger partial charge >= 0.3 is 0 Å². The number of para-hydroxylation sites is 2. The first-order valence-corrected chi connectivity index (χ1v) is 14.2. The average molecular weight is 517 g/mol. The summed E-state index contributed by atoms with van der Waals surface area (Å²) >= 11 is 0. The zero-order valence-corrected chi connectivity index (χ0v) is 22.6. The number of hydrogen-bond donors (Lipinski definition) is 0. The van der Waals surface area contributed by atoms with Crippen LogP contribution in [0.15, 0.2) is 145 Å². The maximum absolute atomic E-state index is 2.42. The highest BCUT2D eigenvalue weighted by Gasteiger charge is 2.23. The monoisotopic (exact) mass is 516 g/mol. The largest absolute Gasteiger partial charge is 0.314 e. The Hall–Kier alpha value is -4.82. The van der Waals surface area contributed by atoms with Crippen molar-refractivity contribution in [3.8, 4) is 0 Å². The Morgan fingerprint density at radius 2 is 0.975 bits per heavy atom. The highest BCUT2D eigenvalue weighted by molar-refractivity contribution is 5.90. The van der Waals surface area contributed by atoms with Crippen LogP contribution in [0.5, 0.6) is 0 Å². The van der Waals surface area contributed by atoms with Crippen molar-refractivity contribution in [2.45, 2.75) is 25.7 Å². The maximum atomic E-state index is 2.42. The Balaban J connectivity index is 1.31. The predicted octanol–water partition coefficient (Wildman–Crippen LogP) is 9.94. The van der Waals surface area contributed by atoms with E-state index in [4.69, 9.17) is 0 Å². The topological polar surface area (TPSA) is 6.48 Å². The lowest BCUT2D eigenvalue weighted by molar-refractivity contribution is 0.894. The lowest BCUT2D eigenvalue weighted by atomic mass is 9.93. The third kappa shape index (κ3) is 4.63. The molecule has 0 aromatic heterocycles. The molecule has 5 aromatic carbocycles. The number of nitrogens with zero attached hydrogens (tertiary/aromatic N) is 2. The SMILES string of the molecule is C1=C(N(c2ccccc2)c2ccc(N(C3=CCCc4ccccc43)c3ccccc3)cc2)CCc2ccccc21. The van der Waals surface area contributed by atoms with Gasteiger partial charge < -0.3 is 9.80 Å². The Labute approximate surface area is 237 Å². The van der Waals surface area contributed by atoms with E-state index in [2.05, 4.69) is 155 Å². The van der Waals surface area contributed by atoms with Crippen LogP contribution in [0.25, 0.3) is 11.8 Å². The van der Waals surface area contributed by atoms with Crippen LogP contribution in [-0.2, 0) is 12.8 Å². The van der Waals surface area contributed by atoms with E-state index in [1.165, 1.54) is 50.7 Å². The fourth-order valence-electron chi connectivity index (χ4n) is 6.08. The smallest absolute Gasteiger partial charge is 0.0497 e. The number of allylic oxidation sites excluding steroid dienone is 2. The molecule has 2 aliphatic carbocycles. The van der Waals surface area contributed by atoms with Crippen molar-refractivity contribution >= 4 is 34.5 Å². The molecule has 0 fully saturated rings. The van der Waals surface area contributed by atoms with E-state index in [1.54, 1.807) is 0 Å². The lowest BCUT2D eigenvalue weighted by Gasteiger charge is -2.33. The van der Waals surface area contributed by atoms with Crippen molar-refractivity contribution in [3.63, 3.8) is 0 Å². The summed E-state index contributed by atoms with van der Waals surface area (Å²) in [6.07, 6.45) is 8.95. The number of rotatable bonds is 6. The van der Waals surface area contributed by atoms with Crippen molar-refractivity contribution in [3.05, 3.63) is 167 Å². The molecule has 0 spiro atoms. The van der Waals surface area contributed by atoms with Crippen LogP contribution in [0.4, 0.5) is 22.7 Å². The van der Waals surface area contributed by atoms with E-state index in [0.717, 1.165) is 31.4 Å². The van der Waals surface area contributed by atoms with Gasteiger partial charge in [-0.05, 0) is 97.0 Å². The zero-order chi connectivity index (χ0) is 26.7. The molecule has 0 atom stereocenters. The van der Waals surface area contributed by atoms with Gasteiger partial charge in [0.05, 0.1) is 0 Å². The molecule has 0 saturated heterocycles. The standard InChI is InChI=1S/C38H32N2/c1-3-16-32(17-4-1)39(36-23-22-29-12-7-8-14-31(29)28-36)34-24-26-35(27-25-34)40(33-18-5-2-6-19-33)38-21-11-15-30-13-9-10-20-37(30)38/h1-10,12-14,16-21,24-28H,11,15,22-23H2. The summed E-state index contributed by atoms with van der Waals surface area (Å²) < 4.78 is 0. The average Bonchev–Trinajstić information content (AvgIpc) is 3.03. The first-order valence-electron chi connectivity index (χ1n) is 14.2. The van der Waals surface area contributed by atoms with Gasteiger partial charge in [0, 0.05) is 39.7 Å². The Morgan fingerprint density at radius 1 is 0.425 bits per heavy atom. The van der Waals surface area contributed by atoms with Crippen molar-refractivity contribution in [1.29, 1.82) is 0 Å². The maximum Gasteiger partial charge on any atom is 0.0497 e. The molecule has 2 aliphatic rings. The second kappa shape index (κ2) is 10.7. The van der Waals surface area contributed by atoms with E-state index >= 15 is 0 Å². The lowest BCUT2D eigenvalue weighted by Crippen LogP contribution is -2.20. The van der Waals surface area contributed by atoms with Crippen molar-refractivity contribution in [1.82, 2.24) is 0 Å². The number of anilines is 4. The fourth-order valence-corrected chi connectivity index (χ4v) is 6.08. The summed E-state index contributed by atoms with van der Waals surface area (Å²) in [7, 11) is 0. The van der Waals surface area contributed by atoms with Gasteiger partial charge in [0.1, 0.15) is 0 Å². The normalized spacial score (nSPS) is 13.9. The van der Waals surface area contributed by atoms with Crippen LogP contribution in [0.2, 0.25) is 0 Å². The third-order valence-electron chi connectivity index (χ3n) is 8.00. The Kier molecular flexibility index (Phi) is 6.51. The van der Waals surface area contributed by atoms with E-state index in [9.17, 15) is 0 Å². The molecule has 0 amide bonds.